The third kappa shape index (κ3) is 2.14. The standard InChI is InChI=1S/C12H9Cl2N/c13-8-11-12(14)10(6-7-15-11)9-4-2-1-3-5-9/h1-7H,8H2. The molecule has 0 atom stereocenters. The highest BCUT2D eigenvalue weighted by Gasteiger charge is 2.07. The zero-order valence-electron chi connectivity index (χ0n) is 7.95. The zero-order chi connectivity index (χ0) is 10.7. The molecule has 76 valence electrons. The van der Waals surface area contributed by atoms with Crippen molar-refractivity contribution in [3.63, 3.8) is 0 Å². The minimum absolute atomic E-state index is 0.333. The van der Waals surface area contributed by atoms with Crippen molar-refractivity contribution in [2.24, 2.45) is 0 Å². The first kappa shape index (κ1) is 10.5. The Hall–Kier alpha value is -1.05. The predicted molar refractivity (Wildman–Crippen MR) is 64.2 cm³/mol. The first-order valence-electron chi connectivity index (χ1n) is 4.57. The van der Waals surface area contributed by atoms with Crippen molar-refractivity contribution < 1.29 is 0 Å². The smallest absolute Gasteiger partial charge is 0.0743 e. The molecular formula is C12H9Cl2N. The van der Waals surface area contributed by atoms with Crippen LogP contribution in [0.1, 0.15) is 5.69 Å². The number of halogens is 2. The van der Waals surface area contributed by atoms with Gasteiger partial charge in [0, 0.05) is 11.8 Å². The molecule has 0 spiro atoms. The van der Waals surface area contributed by atoms with E-state index >= 15 is 0 Å². The Kier molecular flexibility index (Phi) is 3.24. The molecule has 0 bridgehead atoms. The van der Waals surface area contributed by atoms with Crippen molar-refractivity contribution in [1.82, 2.24) is 4.98 Å². The Balaban J connectivity index is 2.54. The summed E-state index contributed by atoms with van der Waals surface area (Å²) in [5.74, 6) is 0.333. The normalized spacial score (nSPS) is 10.3. The monoisotopic (exact) mass is 237 g/mol. The number of benzene rings is 1. The van der Waals surface area contributed by atoms with Crippen molar-refractivity contribution in [3.05, 3.63) is 53.3 Å². The molecule has 0 saturated carbocycles. The van der Waals surface area contributed by atoms with E-state index in [1.54, 1.807) is 6.20 Å². The summed E-state index contributed by atoms with van der Waals surface area (Å²) >= 11 is 11.9. The van der Waals surface area contributed by atoms with Crippen LogP contribution in [0, 0.1) is 0 Å². The molecule has 2 rings (SSSR count). The van der Waals surface area contributed by atoms with Crippen LogP contribution in [-0.2, 0) is 5.88 Å². The molecule has 0 amide bonds. The molecule has 0 fully saturated rings. The van der Waals surface area contributed by atoms with Crippen LogP contribution in [0.5, 0.6) is 0 Å². The van der Waals surface area contributed by atoms with E-state index in [1.165, 1.54) is 0 Å². The molecule has 0 radical (unpaired) electrons. The molecule has 0 aliphatic heterocycles. The molecule has 0 aliphatic carbocycles. The van der Waals surface area contributed by atoms with Gasteiger partial charge in [-0.2, -0.15) is 0 Å². The van der Waals surface area contributed by atoms with Crippen LogP contribution < -0.4 is 0 Å². The minimum Gasteiger partial charge on any atom is -0.258 e. The van der Waals surface area contributed by atoms with E-state index in [9.17, 15) is 0 Å². The highest BCUT2D eigenvalue weighted by molar-refractivity contribution is 6.34. The predicted octanol–water partition coefficient (Wildman–Crippen LogP) is 4.14. The van der Waals surface area contributed by atoms with E-state index in [0.717, 1.165) is 16.8 Å². The lowest BCUT2D eigenvalue weighted by molar-refractivity contribution is 1.17. The van der Waals surface area contributed by atoms with Crippen molar-refractivity contribution in [1.29, 1.82) is 0 Å². The van der Waals surface area contributed by atoms with E-state index in [4.69, 9.17) is 23.2 Å². The van der Waals surface area contributed by atoms with Gasteiger partial charge in [0.2, 0.25) is 0 Å². The van der Waals surface area contributed by atoms with Gasteiger partial charge < -0.3 is 0 Å². The van der Waals surface area contributed by atoms with Crippen LogP contribution in [-0.4, -0.2) is 4.98 Å². The second-order valence-corrected chi connectivity index (χ2v) is 3.76. The molecule has 3 heteroatoms. The van der Waals surface area contributed by atoms with Crippen molar-refractivity contribution in [2.45, 2.75) is 5.88 Å². The Bertz CT molecular complexity index is 454. The maximum absolute atomic E-state index is 6.20. The Morgan fingerprint density at radius 3 is 2.47 bits per heavy atom. The lowest BCUT2D eigenvalue weighted by Crippen LogP contribution is -1.89. The largest absolute Gasteiger partial charge is 0.258 e. The summed E-state index contributed by atoms with van der Waals surface area (Å²) in [6.07, 6.45) is 1.73. The molecule has 1 heterocycles. The number of pyridine rings is 1. The molecule has 2 aromatic rings. The van der Waals surface area contributed by atoms with E-state index in [0.29, 0.717) is 10.9 Å². The van der Waals surface area contributed by atoms with E-state index < -0.39 is 0 Å². The van der Waals surface area contributed by atoms with Gasteiger partial charge in [0.05, 0.1) is 16.6 Å². The van der Waals surface area contributed by atoms with Gasteiger partial charge in [0.15, 0.2) is 0 Å². The first-order valence-corrected chi connectivity index (χ1v) is 5.49. The third-order valence-electron chi connectivity index (χ3n) is 2.17. The highest BCUT2D eigenvalue weighted by Crippen LogP contribution is 2.29. The second kappa shape index (κ2) is 4.65. The number of hydrogen-bond donors (Lipinski definition) is 0. The Morgan fingerprint density at radius 2 is 1.80 bits per heavy atom. The maximum atomic E-state index is 6.20. The number of alkyl halides is 1. The van der Waals surface area contributed by atoms with Crippen LogP contribution in [0.15, 0.2) is 42.6 Å². The molecule has 1 aromatic heterocycles. The second-order valence-electron chi connectivity index (χ2n) is 3.12. The molecule has 0 aliphatic rings. The van der Waals surface area contributed by atoms with E-state index in [1.807, 2.05) is 36.4 Å². The number of aromatic nitrogens is 1. The summed E-state index contributed by atoms with van der Waals surface area (Å²) in [7, 11) is 0. The topological polar surface area (TPSA) is 12.9 Å². The van der Waals surface area contributed by atoms with Gasteiger partial charge in [-0.1, -0.05) is 41.9 Å². The lowest BCUT2D eigenvalue weighted by Gasteiger charge is -2.06. The lowest BCUT2D eigenvalue weighted by atomic mass is 10.1. The summed E-state index contributed by atoms with van der Waals surface area (Å²) in [6, 6.07) is 11.9. The average molecular weight is 238 g/mol. The fourth-order valence-corrected chi connectivity index (χ4v) is 1.98. The maximum Gasteiger partial charge on any atom is 0.0743 e. The summed E-state index contributed by atoms with van der Waals surface area (Å²) in [4.78, 5) is 4.12. The fourth-order valence-electron chi connectivity index (χ4n) is 1.42. The minimum atomic E-state index is 0.333. The van der Waals surface area contributed by atoms with Crippen LogP contribution in [0.4, 0.5) is 0 Å². The zero-order valence-corrected chi connectivity index (χ0v) is 9.46. The number of nitrogens with zero attached hydrogens (tertiary/aromatic N) is 1. The molecule has 0 saturated heterocycles. The van der Waals surface area contributed by atoms with Gasteiger partial charge in [-0.3, -0.25) is 4.98 Å². The van der Waals surface area contributed by atoms with E-state index in [-0.39, 0.29) is 0 Å². The highest BCUT2D eigenvalue weighted by atomic mass is 35.5. The molecule has 1 aromatic carbocycles. The third-order valence-corrected chi connectivity index (χ3v) is 2.85. The van der Waals surface area contributed by atoms with Gasteiger partial charge in [-0.15, -0.1) is 11.6 Å². The Labute approximate surface area is 98.7 Å². The van der Waals surface area contributed by atoms with Crippen molar-refractivity contribution >= 4 is 23.2 Å². The summed E-state index contributed by atoms with van der Waals surface area (Å²) < 4.78 is 0. The van der Waals surface area contributed by atoms with Crippen LogP contribution in [0.2, 0.25) is 5.02 Å². The Morgan fingerprint density at radius 1 is 1.07 bits per heavy atom. The molecule has 15 heavy (non-hydrogen) atoms. The average Bonchev–Trinajstić information content (AvgIpc) is 2.30. The molecule has 1 nitrogen and oxygen atoms in total. The van der Waals surface area contributed by atoms with Crippen molar-refractivity contribution in [3.8, 4) is 11.1 Å². The first-order chi connectivity index (χ1) is 7.33. The fraction of sp³-hybridized carbons (Fsp3) is 0.0833. The number of rotatable bonds is 2. The molecule has 0 unspecified atom stereocenters. The van der Waals surface area contributed by atoms with Gasteiger partial charge >= 0.3 is 0 Å². The van der Waals surface area contributed by atoms with Gasteiger partial charge in [0.1, 0.15) is 0 Å². The van der Waals surface area contributed by atoms with Gasteiger partial charge in [-0.05, 0) is 11.6 Å². The van der Waals surface area contributed by atoms with Gasteiger partial charge in [0.25, 0.3) is 0 Å². The van der Waals surface area contributed by atoms with Crippen LogP contribution in [0.25, 0.3) is 11.1 Å². The molecular weight excluding hydrogens is 229 g/mol. The summed E-state index contributed by atoms with van der Waals surface area (Å²) in [5.41, 5.74) is 2.78. The summed E-state index contributed by atoms with van der Waals surface area (Å²) in [6.45, 7) is 0. The van der Waals surface area contributed by atoms with Crippen LogP contribution >= 0.6 is 23.2 Å². The van der Waals surface area contributed by atoms with E-state index in [2.05, 4.69) is 4.98 Å². The van der Waals surface area contributed by atoms with Crippen LogP contribution in [0.3, 0.4) is 0 Å². The number of hydrogen-bond acceptors (Lipinski definition) is 1. The SMILES string of the molecule is ClCc1nccc(-c2ccccc2)c1Cl. The quantitative estimate of drug-likeness (QED) is 0.716. The summed E-state index contributed by atoms with van der Waals surface area (Å²) in [5, 5.41) is 0.638. The van der Waals surface area contributed by atoms with Gasteiger partial charge in [-0.25, -0.2) is 0 Å². The van der Waals surface area contributed by atoms with Crippen molar-refractivity contribution in [2.75, 3.05) is 0 Å². The molecule has 0 N–H and O–H groups in total.